The van der Waals surface area contributed by atoms with Crippen LogP contribution in [0.2, 0.25) is 0 Å². The second kappa shape index (κ2) is 8.45. The van der Waals surface area contributed by atoms with Crippen molar-refractivity contribution >= 4 is 11.8 Å². The molecular weight excluding hydrogens is 264 g/mol. The lowest BCUT2D eigenvalue weighted by atomic mass is 10.1. The van der Waals surface area contributed by atoms with Gasteiger partial charge in [-0.05, 0) is 25.3 Å². The number of amides is 2. The quantitative estimate of drug-likeness (QED) is 0.839. The van der Waals surface area contributed by atoms with Crippen LogP contribution in [0.1, 0.15) is 44.2 Å². The third kappa shape index (κ3) is 4.88. The Kier molecular flexibility index (Phi) is 6.92. The average Bonchev–Trinajstić information content (AvgIpc) is 2.48. The van der Waals surface area contributed by atoms with Crippen molar-refractivity contribution in [2.24, 2.45) is 0 Å². The molecule has 1 N–H and O–H groups in total. The van der Waals surface area contributed by atoms with Crippen LogP contribution in [-0.4, -0.2) is 29.8 Å². The molecule has 1 rings (SSSR count). The molecular formula is C17H26N2O2. The lowest BCUT2D eigenvalue weighted by molar-refractivity contribution is -0.141. The lowest BCUT2D eigenvalue weighted by Crippen LogP contribution is -2.48. The van der Waals surface area contributed by atoms with Gasteiger partial charge in [0.15, 0.2) is 0 Å². The first-order valence-electron chi connectivity index (χ1n) is 7.60. The summed E-state index contributed by atoms with van der Waals surface area (Å²) in [4.78, 5) is 26.1. The third-order valence-corrected chi connectivity index (χ3v) is 3.57. The predicted octanol–water partition coefficient (Wildman–Crippen LogP) is 2.65. The van der Waals surface area contributed by atoms with Gasteiger partial charge in [-0.1, -0.05) is 43.7 Å². The predicted molar refractivity (Wildman–Crippen MR) is 84.8 cm³/mol. The highest BCUT2D eigenvalue weighted by molar-refractivity contribution is 5.87. The molecule has 21 heavy (non-hydrogen) atoms. The van der Waals surface area contributed by atoms with Crippen molar-refractivity contribution in [2.75, 3.05) is 7.05 Å². The molecule has 1 aromatic rings. The van der Waals surface area contributed by atoms with Crippen molar-refractivity contribution in [3.8, 4) is 0 Å². The van der Waals surface area contributed by atoms with Crippen LogP contribution < -0.4 is 5.32 Å². The van der Waals surface area contributed by atoms with Gasteiger partial charge >= 0.3 is 0 Å². The molecule has 0 spiro atoms. The first kappa shape index (κ1) is 17.2. The minimum absolute atomic E-state index is 0.0357. The Labute approximate surface area is 127 Å². The normalized spacial score (nSPS) is 11.8. The highest BCUT2D eigenvalue weighted by atomic mass is 16.2. The Bertz CT molecular complexity index is 468. The summed E-state index contributed by atoms with van der Waals surface area (Å²) in [6, 6.07) is 7.67. The lowest BCUT2D eigenvalue weighted by Gasteiger charge is -2.30. The van der Waals surface area contributed by atoms with Crippen LogP contribution in [0.15, 0.2) is 24.3 Å². The van der Waals surface area contributed by atoms with Crippen molar-refractivity contribution in [2.45, 2.75) is 52.6 Å². The molecule has 1 aromatic carbocycles. The number of nitrogens with one attached hydrogen (secondary N) is 1. The van der Waals surface area contributed by atoms with Gasteiger partial charge in [-0.15, -0.1) is 0 Å². The molecule has 1 unspecified atom stereocenters. The molecule has 0 aliphatic carbocycles. The van der Waals surface area contributed by atoms with Crippen molar-refractivity contribution in [1.29, 1.82) is 0 Å². The zero-order valence-corrected chi connectivity index (χ0v) is 13.5. The summed E-state index contributed by atoms with van der Waals surface area (Å²) in [5.41, 5.74) is 2.23. The maximum absolute atomic E-state index is 12.4. The second-order valence-electron chi connectivity index (χ2n) is 5.30. The molecule has 0 saturated carbocycles. The van der Waals surface area contributed by atoms with Crippen LogP contribution in [0.25, 0.3) is 0 Å². The van der Waals surface area contributed by atoms with Gasteiger partial charge in [0, 0.05) is 20.0 Å². The monoisotopic (exact) mass is 290 g/mol. The van der Waals surface area contributed by atoms with Crippen LogP contribution in [0, 0.1) is 6.92 Å². The zero-order valence-electron chi connectivity index (χ0n) is 13.5. The van der Waals surface area contributed by atoms with Gasteiger partial charge in [-0.3, -0.25) is 9.59 Å². The summed E-state index contributed by atoms with van der Waals surface area (Å²) in [5.74, 6) is -0.0670. The summed E-state index contributed by atoms with van der Waals surface area (Å²) in [7, 11) is 1.61. The van der Waals surface area contributed by atoms with E-state index in [1.165, 1.54) is 5.56 Å². The van der Waals surface area contributed by atoms with E-state index in [9.17, 15) is 9.59 Å². The minimum atomic E-state index is -0.407. The number of likely N-dealkylation sites (N-methyl/N-ethyl adjacent to an activating group) is 1. The highest BCUT2D eigenvalue weighted by Crippen LogP contribution is 2.14. The molecule has 116 valence electrons. The zero-order chi connectivity index (χ0) is 15.8. The Morgan fingerprint density at radius 1 is 1.19 bits per heavy atom. The Morgan fingerprint density at radius 3 is 2.29 bits per heavy atom. The fraction of sp³-hybridized carbons (Fsp3) is 0.529. The van der Waals surface area contributed by atoms with Crippen LogP contribution in [0.5, 0.6) is 0 Å². The van der Waals surface area contributed by atoms with E-state index >= 15 is 0 Å². The molecule has 0 heterocycles. The number of hydrogen-bond donors (Lipinski definition) is 1. The van der Waals surface area contributed by atoms with Crippen LogP contribution in [0.3, 0.4) is 0 Å². The minimum Gasteiger partial charge on any atom is -0.357 e. The molecule has 4 nitrogen and oxygen atoms in total. The molecule has 0 bridgehead atoms. The number of carbonyl (C=O) groups is 2. The standard InChI is InChI=1S/C17H26N2O2/c1-5-7-16(20)19(15(6-2)17(21)18-4)12-14-10-8-13(3)9-11-14/h8-11,15H,5-7,12H2,1-4H3,(H,18,21). The third-order valence-electron chi connectivity index (χ3n) is 3.57. The van der Waals surface area contributed by atoms with E-state index in [1.54, 1.807) is 11.9 Å². The van der Waals surface area contributed by atoms with E-state index in [0.717, 1.165) is 12.0 Å². The first-order chi connectivity index (χ1) is 10.0. The van der Waals surface area contributed by atoms with Crippen LogP contribution in [0.4, 0.5) is 0 Å². The Hall–Kier alpha value is -1.84. The fourth-order valence-electron chi connectivity index (χ4n) is 2.33. The van der Waals surface area contributed by atoms with E-state index in [0.29, 0.717) is 19.4 Å². The Balaban J connectivity index is 2.97. The van der Waals surface area contributed by atoms with Gasteiger partial charge in [0.2, 0.25) is 11.8 Å². The second-order valence-corrected chi connectivity index (χ2v) is 5.30. The number of nitrogens with zero attached hydrogens (tertiary/aromatic N) is 1. The molecule has 0 radical (unpaired) electrons. The SMILES string of the molecule is CCCC(=O)N(Cc1ccc(C)cc1)C(CC)C(=O)NC. The van der Waals surface area contributed by atoms with E-state index in [1.807, 2.05) is 45.0 Å². The topological polar surface area (TPSA) is 49.4 Å². The molecule has 0 saturated heterocycles. The summed E-state index contributed by atoms with van der Waals surface area (Å²) in [5, 5.41) is 2.66. The van der Waals surface area contributed by atoms with E-state index in [4.69, 9.17) is 0 Å². The van der Waals surface area contributed by atoms with Crippen LogP contribution >= 0.6 is 0 Å². The summed E-state index contributed by atoms with van der Waals surface area (Å²) in [6.07, 6.45) is 1.87. The largest absolute Gasteiger partial charge is 0.357 e. The highest BCUT2D eigenvalue weighted by Gasteiger charge is 2.27. The number of rotatable bonds is 7. The van der Waals surface area contributed by atoms with Gasteiger partial charge in [0.05, 0.1) is 0 Å². The number of benzene rings is 1. The molecule has 0 aliphatic rings. The van der Waals surface area contributed by atoms with Gasteiger partial charge in [0.1, 0.15) is 6.04 Å². The molecule has 1 atom stereocenters. The molecule has 2 amide bonds. The van der Waals surface area contributed by atoms with Crippen molar-refractivity contribution in [3.63, 3.8) is 0 Å². The number of hydrogen-bond acceptors (Lipinski definition) is 2. The fourth-order valence-corrected chi connectivity index (χ4v) is 2.33. The van der Waals surface area contributed by atoms with E-state index in [2.05, 4.69) is 5.32 Å². The Morgan fingerprint density at radius 2 is 1.81 bits per heavy atom. The van der Waals surface area contributed by atoms with Gasteiger partial charge in [-0.25, -0.2) is 0 Å². The number of aryl methyl sites for hydroxylation is 1. The summed E-state index contributed by atoms with van der Waals surface area (Å²) < 4.78 is 0. The van der Waals surface area contributed by atoms with Crippen molar-refractivity contribution in [3.05, 3.63) is 35.4 Å². The summed E-state index contributed by atoms with van der Waals surface area (Å²) >= 11 is 0. The van der Waals surface area contributed by atoms with Gasteiger partial charge in [-0.2, -0.15) is 0 Å². The smallest absolute Gasteiger partial charge is 0.242 e. The maximum Gasteiger partial charge on any atom is 0.242 e. The van der Waals surface area contributed by atoms with Crippen molar-refractivity contribution in [1.82, 2.24) is 10.2 Å². The van der Waals surface area contributed by atoms with E-state index < -0.39 is 6.04 Å². The summed E-state index contributed by atoms with van der Waals surface area (Å²) in [6.45, 7) is 6.41. The van der Waals surface area contributed by atoms with E-state index in [-0.39, 0.29) is 11.8 Å². The molecule has 0 aliphatic heterocycles. The van der Waals surface area contributed by atoms with Crippen molar-refractivity contribution < 1.29 is 9.59 Å². The van der Waals surface area contributed by atoms with Crippen LogP contribution in [-0.2, 0) is 16.1 Å². The van der Waals surface area contributed by atoms with Gasteiger partial charge in [0.25, 0.3) is 0 Å². The average molecular weight is 290 g/mol. The maximum atomic E-state index is 12.4. The molecule has 0 fully saturated rings. The van der Waals surface area contributed by atoms with Gasteiger partial charge < -0.3 is 10.2 Å². The molecule has 0 aromatic heterocycles. The molecule has 4 heteroatoms. The number of carbonyl (C=O) groups excluding carboxylic acids is 2. The first-order valence-corrected chi connectivity index (χ1v) is 7.60.